The molecule has 5 aromatic rings. The number of fused-ring (bicyclic) bond motifs is 2. The minimum absolute atomic E-state index is 0.0224. The van der Waals surface area contributed by atoms with Crippen molar-refractivity contribution in [2.75, 3.05) is 0 Å². The van der Waals surface area contributed by atoms with Crippen LogP contribution in [0.1, 0.15) is 5.56 Å². The van der Waals surface area contributed by atoms with Gasteiger partial charge in [-0.15, -0.1) is 0 Å². The molecule has 0 fully saturated rings. The number of hydrogen-bond donors (Lipinski definition) is 0. The number of pyridine rings is 1. The van der Waals surface area contributed by atoms with Crippen LogP contribution in [0.4, 0.5) is 0 Å². The van der Waals surface area contributed by atoms with Gasteiger partial charge in [-0.3, -0.25) is 9.36 Å². The number of rotatable bonds is 3. The zero-order valence-electron chi connectivity index (χ0n) is 14.5. The summed E-state index contributed by atoms with van der Waals surface area (Å²) >= 11 is 0. The highest BCUT2D eigenvalue weighted by Gasteiger charge is 2.06. The molecule has 0 radical (unpaired) electrons. The molecule has 5 heteroatoms. The molecule has 27 heavy (non-hydrogen) atoms. The van der Waals surface area contributed by atoms with Crippen LogP contribution in [0, 0.1) is 0 Å². The van der Waals surface area contributed by atoms with Crippen molar-refractivity contribution >= 4 is 16.4 Å². The maximum absolute atomic E-state index is 12.7. The maximum atomic E-state index is 12.7. The van der Waals surface area contributed by atoms with E-state index in [9.17, 15) is 4.79 Å². The smallest absolute Gasteiger partial charge is 0.261 e. The number of aromatic nitrogens is 4. The van der Waals surface area contributed by atoms with E-state index in [1.807, 2.05) is 53.1 Å². The fourth-order valence-corrected chi connectivity index (χ4v) is 3.36. The van der Waals surface area contributed by atoms with Crippen LogP contribution in [-0.2, 0) is 6.54 Å². The molecule has 2 aromatic carbocycles. The Hall–Kier alpha value is -3.73. The third-order valence-corrected chi connectivity index (χ3v) is 4.75. The predicted molar refractivity (Wildman–Crippen MR) is 106 cm³/mol. The van der Waals surface area contributed by atoms with Gasteiger partial charge in [0.25, 0.3) is 5.56 Å². The average Bonchev–Trinajstić information content (AvgIpc) is 3.18. The quantitative estimate of drug-likeness (QED) is 0.497. The van der Waals surface area contributed by atoms with Gasteiger partial charge in [0.1, 0.15) is 0 Å². The van der Waals surface area contributed by atoms with E-state index in [2.05, 4.69) is 34.4 Å². The standard InChI is InChI=1S/C22H16N4O/c27-22-20-6-1-2-7-21(20)24-15-26(22)12-16-4-3-5-17(10-16)18-8-9-19-11-23-14-25(19)13-18/h1-11,13-15H,12H2. The van der Waals surface area contributed by atoms with Crippen molar-refractivity contribution in [3.63, 3.8) is 0 Å². The highest BCUT2D eigenvalue weighted by Crippen LogP contribution is 2.21. The van der Waals surface area contributed by atoms with Crippen LogP contribution in [0.5, 0.6) is 0 Å². The van der Waals surface area contributed by atoms with Crippen molar-refractivity contribution in [2.24, 2.45) is 0 Å². The number of imidazole rings is 1. The summed E-state index contributed by atoms with van der Waals surface area (Å²) in [5.74, 6) is 0. The molecule has 130 valence electrons. The monoisotopic (exact) mass is 352 g/mol. The summed E-state index contributed by atoms with van der Waals surface area (Å²) in [6, 6.07) is 19.8. The largest absolute Gasteiger partial charge is 0.306 e. The molecule has 0 unspecified atom stereocenters. The van der Waals surface area contributed by atoms with Gasteiger partial charge in [-0.25, -0.2) is 9.97 Å². The highest BCUT2D eigenvalue weighted by molar-refractivity contribution is 5.77. The van der Waals surface area contributed by atoms with Gasteiger partial charge in [-0.05, 0) is 41.0 Å². The van der Waals surface area contributed by atoms with E-state index in [4.69, 9.17) is 0 Å². The molecule has 5 rings (SSSR count). The van der Waals surface area contributed by atoms with Crippen molar-refractivity contribution in [3.05, 3.63) is 102 Å². The van der Waals surface area contributed by atoms with Gasteiger partial charge < -0.3 is 4.40 Å². The topological polar surface area (TPSA) is 52.2 Å². The van der Waals surface area contributed by atoms with Crippen LogP contribution in [0.2, 0.25) is 0 Å². The lowest BCUT2D eigenvalue weighted by atomic mass is 10.0. The first kappa shape index (κ1) is 15.5. The van der Waals surface area contributed by atoms with E-state index in [1.54, 1.807) is 17.2 Å². The van der Waals surface area contributed by atoms with Crippen LogP contribution >= 0.6 is 0 Å². The molecule has 5 nitrogen and oxygen atoms in total. The number of benzene rings is 2. The second-order valence-electron chi connectivity index (χ2n) is 6.54. The molecule has 0 saturated heterocycles. The summed E-state index contributed by atoms with van der Waals surface area (Å²) in [7, 11) is 0. The molecule has 3 aromatic heterocycles. The molecule has 0 N–H and O–H groups in total. The van der Waals surface area contributed by atoms with Crippen LogP contribution in [-0.4, -0.2) is 18.9 Å². The van der Waals surface area contributed by atoms with Crippen LogP contribution in [0.15, 0.2) is 90.5 Å². The fraction of sp³-hybridized carbons (Fsp3) is 0.0455. The van der Waals surface area contributed by atoms with Gasteiger partial charge >= 0.3 is 0 Å². The average molecular weight is 352 g/mol. The van der Waals surface area contributed by atoms with E-state index >= 15 is 0 Å². The molecule has 0 saturated carbocycles. The predicted octanol–water partition coefficient (Wildman–Crippen LogP) is 3.76. The van der Waals surface area contributed by atoms with E-state index in [-0.39, 0.29) is 5.56 Å². The first-order valence-corrected chi connectivity index (χ1v) is 8.73. The first-order valence-electron chi connectivity index (χ1n) is 8.73. The van der Waals surface area contributed by atoms with Crippen molar-refractivity contribution < 1.29 is 0 Å². The second-order valence-corrected chi connectivity index (χ2v) is 6.54. The summed E-state index contributed by atoms with van der Waals surface area (Å²) in [4.78, 5) is 21.3. The lowest BCUT2D eigenvalue weighted by Crippen LogP contribution is -2.21. The lowest BCUT2D eigenvalue weighted by molar-refractivity contribution is 0.748. The molecule has 0 atom stereocenters. The molecule has 0 aliphatic carbocycles. The van der Waals surface area contributed by atoms with Gasteiger partial charge in [0.2, 0.25) is 0 Å². The number of para-hydroxylation sites is 1. The van der Waals surface area contributed by atoms with Gasteiger partial charge in [-0.2, -0.15) is 0 Å². The SMILES string of the molecule is O=c1c2ccccc2ncn1Cc1cccc(-c2ccc3cncn3c2)c1. The summed E-state index contributed by atoms with van der Waals surface area (Å²) in [5.41, 5.74) is 5.02. The van der Waals surface area contributed by atoms with Crippen molar-refractivity contribution in [2.45, 2.75) is 6.54 Å². The number of nitrogens with zero attached hydrogens (tertiary/aromatic N) is 4. The number of hydrogen-bond acceptors (Lipinski definition) is 3. The highest BCUT2D eigenvalue weighted by atomic mass is 16.1. The first-order chi connectivity index (χ1) is 13.3. The van der Waals surface area contributed by atoms with E-state index in [0.29, 0.717) is 11.9 Å². The Balaban J connectivity index is 1.52. The molecular formula is C22H16N4O. The maximum Gasteiger partial charge on any atom is 0.261 e. The zero-order chi connectivity index (χ0) is 18.2. The fourth-order valence-electron chi connectivity index (χ4n) is 3.36. The van der Waals surface area contributed by atoms with E-state index in [1.165, 1.54) is 0 Å². The lowest BCUT2D eigenvalue weighted by Gasteiger charge is -2.09. The van der Waals surface area contributed by atoms with Gasteiger partial charge in [0.05, 0.1) is 41.8 Å². The summed E-state index contributed by atoms with van der Waals surface area (Å²) < 4.78 is 3.65. The summed E-state index contributed by atoms with van der Waals surface area (Å²) in [6.45, 7) is 0.484. The third kappa shape index (κ3) is 2.79. The molecule has 0 amide bonds. The van der Waals surface area contributed by atoms with Crippen molar-refractivity contribution in [3.8, 4) is 11.1 Å². The Morgan fingerprint density at radius 3 is 2.78 bits per heavy atom. The summed E-state index contributed by atoms with van der Waals surface area (Å²) in [5, 5.41) is 0.640. The molecule has 0 aliphatic rings. The Morgan fingerprint density at radius 1 is 0.889 bits per heavy atom. The van der Waals surface area contributed by atoms with E-state index in [0.717, 1.165) is 27.7 Å². The van der Waals surface area contributed by atoms with Gasteiger partial charge in [0, 0.05) is 6.20 Å². The minimum atomic E-state index is -0.0224. The molecule has 0 aliphatic heterocycles. The molecule has 0 bridgehead atoms. The Bertz CT molecular complexity index is 1330. The van der Waals surface area contributed by atoms with Crippen molar-refractivity contribution in [1.29, 1.82) is 0 Å². The normalized spacial score (nSPS) is 11.3. The van der Waals surface area contributed by atoms with Gasteiger partial charge in [0.15, 0.2) is 0 Å². The van der Waals surface area contributed by atoms with Crippen molar-refractivity contribution in [1.82, 2.24) is 18.9 Å². The molecule has 3 heterocycles. The van der Waals surface area contributed by atoms with Gasteiger partial charge in [-0.1, -0.05) is 36.4 Å². The third-order valence-electron chi connectivity index (χ3n) is 4.75. The Morgan fingerprint density at radius 2 is 1.81 bits per heavy atom. The second kappa shape index (κ2) is 6.21. The van der Waals surface area contributed by atoms with Crippen LogP contribution in [0.3, 0.4) is 0 Å². The summed E-state index contributed by atoms with van der Waals surface area (Å²) in [6.07, 6.45) is 7.31. The minimum Gasteiger partial charge on any atom is -0.306 e. The van der Waals surface area contributed by atoms with Crippen LogP contribution in [0.25, 0.3) is 27.5 Å². The zero-order valence-corrected chi connectivity index (χ0v) is 14.5. The van der Waals surface area contributed by atoms with E-state index < -0.39 is 0 Å². The Labute approximate surface area is 155 Å². The Kier molecular flexibility index (Phi) is 3.57. The molecular weight excluding hydrogens is 336 g/mol. The van der Waals surface area contributed by atoms with Crippen LogP contribution < -0.4 is 5.56 Å². The molecule has 0 spiro atoms.